The van der Waals surface area contributed by atoms with Crippen LogP contribution in [0.5, 0.6) is 0 Å². The molecule has 0 aromatic heterocycles. The molecule has 0 heterocycles. The van der Waals surface area contributed by atoms with E-state index in [1.807, 2.05) is 43.3 Å². The van der Waals surface area contributed by atoms with E-state index in [4.69, 9.17) is 5.73 Å². The number of hydrogen-bond acceptors (Lipinski definition) is 2. The van der Waals surface area contributed by atoms with Crippen molar-refractivity contribution in [1.82, 2.24) is 5.32 Å². The van der Waals surface area contributed by atoms with Crippen LogP contribution in [0.2, 0.25) is 0 Å². The lowest BCUT2D eigenvalue weighted by Gasteiger charge is -2.16. The molecule has 1 atom stereocenters. The number of amides is 1. The summed E-state index contributed by atoms with van der Waals surface area (Å²) in [6.45, 7) is 6.42. The second kappa shape index (κ2) is 6.61. The maximum absolute atomic E-state index is 12.4. The predicted octanol–water partition coefficient (Wildman–Crippen LogP) is 3.98. The molecule has 3 N–H and O–H groups in total. The molecule has 2 aromatic carbocycles. The molecule has 0 fully saturated rings. The number of benzene rings is 2. The third kappa shape index (κ3) is 3.97. The first-order chi connectivity index (χ1) is 9.97. The minimum absolute atomic E-state index is 0.0884. The van der Waals surface area contributed by atoms with E-state index in [0.29, 0.717) is 17.2 Å². The van der Waals surface area contributed by atoms with Gasteiger partial charge in [0.05, 0.1) is 5.56 Å². The summed E-state index contributed by atoms with van der Waals surface area (Å²) >= 11 is 0. The smallest absolute Gasteiger partial charge is 0.253 e. The summed E-state index contributed by atoms with van der Waals surface area (Å²) in [4.78, 5) is 12.4. The Morgan fingerprint density at radius 1 is 1.10 bits per heavy atom. The Hall–Kier alpha value is -2.03. The zero-order valence-electron chi connectivity index (χ0n) is 13.0. The third-order valence-corrected chi connectivity index (χ3v) is 3.72. The second-order valence-corrected chi connectivity index (χ2v) is 6.13. The minimum atomic E-state index is -0.0884. The Balaban J connectivity index is 2.13. The van der Waals surface area contributed by atoms with Crippen LogP contribution in [-0.2, 0) is 0 Å². The Kier molecular flexibility index (Phi) is 4.84. The fourth-order valence-electron chi connectivity index (χ4n) is 2.41. The number of anilines is 1. The van der Waals surface area contributed by atoms with E-state index in [1.54, 1.807) is 0 Å². The average Bonchev–Trinajstić information content (AvgIpc) is 2.44. The van der Waals surface area contributed by atoms with E-state index in [-0.39, 0.29) is 11.9 Å². The number of nitrogens with one attached hydrogen (secondary N) is 1. The fraction of sp³-hybridized carbons (Fsp3) is 0.389. The van der Waals surface area contributed by atoms with Gasteiger partial charge < -0.3 is 11.1 Å². The molecule has 112 valence electrons. The summed E-state index contributed by atoms with van der Waals surface area (Å²) < 4.78 is 0. The van der Waals surface area contributed by atoms with E-state index in [1.165, 1.54) is 0 Å². The Bertz CT molecular complexity index is 634. The molecule has 0 aliphatic carbocycles. The van der Waals surface area contributed by atoms with Crippen LogP contribution >= 0.6 is 0 Å². The molecule has 2 rings (SSSR count). The molecule has 3 nitrogen and oxygen atoms in total. The van der Waals surface area contributed by atoms with Gasteiger partial charge in [-0.2, -0.15) is 0 Å². The molecular weight excluding hydrogens is 260 g/mol. The van der Waals surface area contributed by atoms with Gasteiger partial charge in [-0.15, -0.1) is 0 Å². The quantitative estimate of drug-likeness (QED) is 0.816. The van der Waals surface area contributed by atoms with E-state index in [2.05, 4.69) is 19.2 Å². The fourth-order valence-corrected chi connectivity index (χ4v) is 2.41. The van der Waals surface area contributed by atoms with E-state index < -0.39 is 0 Å². The molecule has 21 heavy (non-hydrogen) atoms. The number of rotatable bonds is 5. The van der Waals surface area contributed by atoms with E-state index in [9.17, 15) is 4.79 Å². The van der Waals surface area contributed by atoms with Crippen molar-refractivity contribution in [2.24, 2.45) is 5.92 Å². The van der Waals surface area contributed by atoms with Crippen molar-refractivity contribution >= 4 is 22.4 Å². The lowest BCUT2D eigenvalue weighted by atomic mass is 10.0. The monoisotopic (exact) mass is 284 g/mol. The van der Waals surface area contributed by atoms with Crippen LogP contribution in [0.4, 0.5) is 5.69 Å². The maximum atomic E-state index is 12.4. The number of carbonyl (C=O) groups excluding carboxylic acids is 1. The predicted molar refractivity (Wildman–Crippen MR) is 89.4 cm³/mol. The second-order valence-electron chi connectivity index (χ2n) is 6.13. The molecular formula is C18H24N2O. The van der Waals surface area contributed by atoms with Gasteiger partial charge in [0.15, 0.2) is 0 Å². The van der Waals surface area contributed by atoms with Crippen LogP contribution in [0, 0.1) is 5.92 Å². The normalized spacial score (nSPS) is 12.6. The molecule has 2 aromatic rings. The van der Waals surface area contributed by atoms with Gasteiger partial charge >= 0.3 is 0 Å². The van der Waals surface area contributed by atoms with Gasteiger partial charge in [0, 0.05) is 11.7 Å². The van der Waals surface area contributed by atoms with Crippen molar-refractivity contribution in [3.8, 4) is 0 Å². The Labute approximate surface area is 126 Å². The molecule has 0 aliphatic rings. The summed E-state index contributed by atoms with van der Waals surface area (Å²) in [5.74, 6) is 0.560. The van der Waals surface area contributed by atoms with Crippen molar-refractivity contribution in [3.63, 3.8) is 0 Å². The van der Waals surface area contributed by atoms with E-state index in [0.717, 1.165) is 23.6 Å². The highest BCUT2D eigenvalue weighted by molar-refractivity contribution is 6.04. The van der Waals surface area contributed by atoms with Crippen LogP contribution in [0.15, 0.2) is 36.4 Å². The number of nitrogen functional groups attached to an aromatic ring is 1. The highest BCUT2D eigenvalue weighted by atomic mass is 16.1. The lowest BCUT2D eigenvalue weighted by Crippen LogP contribution is -2.33. The summed E-state index contributed by atoms with van der Waals surface area (Å²) in [6, 6.07) is 11.8. The number of carbonyl (C=O) groups is 1. The number of fused-ring (bicyclic) bond motifs is 1. The molecule has 3 heteroatoms. The highest BCUT2D eigenvalue weighted by Gasteiger charge is 2.13. The van der Waals surface area contributed by atoms with Crippen LogP contribution in [0.3, 0.4) is 0 Å². The molecule has 1 amide bonds. The third-order valence-electron chi connectivity index (χ3n) is 3.72. The van der Waals surface area contributed by atoms with Crippen molar-refractivity contribution in [2.75, 3.05) is 5.73 Å². The van der Waals surface area contributed by atoms with Crippen LogP contribution < -0.4 is 11.1 Å². The largest absolute Gasteiger partial charge is 0.398 e. The van der Waals surface area contributed by atoms with Crippen molar-refractivity contribution in [2.45, 2.75) is 39.7 Å². The summed E-state index contributed by atoms with van der Waals surface area (Å²) in [5.41, 5.74) is 7.11. The van der Waals surface area contributed by atoms with Crippen LogP contribution in [0.25, 0.3) is 10.8 Å². The molecule has 0 radical (unpaired) electrons. The van der Waals surface area contributed by atoms with Gasteiger partial charge in [-0.1, -0.05) is 38.1 Å². The van der Waals surface area contributed by atoms with Gasteiger partial charge in [-0.25, -0.2) is 0 Å². The van der Waals surface area contributed by atoms with Crippen molar-refractivity contribution < 1.29 is 4.79 Å². The van der Waals surface area contributed by atoms with Gasteiger partial charge in [-0.3, -0.25) is 4.79 Å². The highest BCUT2D eigenvalue weighted by Crippen LogP contribution is 2.22. The molecule has 0 saturated carbocycles. The zero-order valence-corrected chi connectivity index (χ0v) is 13.0. The number of hydrogen-bond donors (Lipinski definition) is 2. The lowest BCUT2D eigenvalue weighted by molar-refractivity contribution is 0.0938. The first-order valence-electron chi connectivity index (χ1n) is 7.56. The number of nitrogens with two attached hydrogens (primary N) is 1. The standard InChI is InChI=1S/C18H24N2O/c1-12(2)8-9-13(3)20-18(21)16-10-14-6-4-5-7-15(14)11-17(16)19/h4-7,10-13H,8-9,19H2,1-3H3,(H,20,21). The molecule has 1 unspecified atom stereocenters. The molecule has 0 bridgehead atoms. The van der Waals surface area contributed by atoms with Crippen LogP contribution in [0.1, 0.15) is 44.0 Å². The summed E-state index contributed by atoms with van der Waals surface area (Å²) in [5, 5.41) is 5.13. The van der Waals surface area contributed by atoms with Crippen molar-refractivity contribution in [1.29, 1.82) is 0 Å². The minimum Gasteiger partial charge on any atom is -0.398 e. The Morgan fingerprint density at radius 3 is 2.33 bits per heavy atom. The topological polar surface area (TPSA) is 55.1 Å². The van der Waals surface area contributed by atoms with Gasteiger partial charge in [0.1, 0.15) is 0 Å². The van der Waals surface area contributed by atoms with E-state index >= 15 is 0 Å². The zero-order chi connectivity index (χ0) is 15.4. The maximum Gasteiger partial charge on any atom is 0.253 e. The van der Waals surface area contributed by atoms with Gasteiger partial charge in [0.2, 0.25) is 0 Å². The van der Waals surface area contributed by atoms with Crippen molar-refractivity contribution in [3.05, 3.63) is 42.0 Å². The van der Waals surface area contributed by atoms with Gasteiger partial charge in [-0.05, 0) is 48.6 Å². The first kappa shape index (κ1) is 15.4. The summed E-state index contributed by atoms with van der Waals surface area (Å²) in [6.07, 6.45) is 2.09. The van der Waals surface area contributed by atoms with Crippen LogP contribution in [-0.4, -0.2) is 11.9 Å². The molecule has 0 saturated heterocycles. The van der Waals surface area contributed by atoms with Gasteiger partial charge in [0.25, 0.3) is 5.91 Å². The first-order valence-corrected chi connectivity index (χ1v) is 7.56. The average molecular weight is 284 g/mol. The SMILES string of the molecule is CC(C)CCC(C)NC(=O)c1cc2ccccc2cc1N. The molecule has 0 aliphatic heterocycles. The molecule has 0 spiro atoms. The Morgan fingerprint density at radius 2 is 1.71 bits per heavy atom. The summed E-state index contributed by atoms with van der Waals surface area (Å²) in [7, 11) is 0.